The monoisotopic (exact) mass is 612 g/mol. The molecule has 0 aliphatic heterocycles. The molecule has 0 aliphatic rings. The molecule has 1 atom stereocenters. The molecule has 11 heteroatoms. The van der Waals surface area contributed by atoms with Gasteiger partial charge in [-0.2, -0.15) is 0 Å². The van der Waals surface area contributed by atoms with E-state index in [1.807, 2.05) is 17.5 Å². The van der Waals surface area contributed by atoms with Crippen LogP contribution >= 0.6 is 11.3 Å². The second kappa shape index (κ2) is 14.7. The van der Waals surface area contributed by atoms with Crippen molar-refractivity contribution in [3.63, 3.8) is 0 Å². The first-order chi connectivity index (χ1) is 20.2. The van der Waals surface area contributed by atoms with Crippen molar-refractivity contribution in [1.82, 2.24) is 10.3 Å². The minimum absolute atomic E-state index is 0.0494. The number of carbonyl (C=O) groups is 1. The molecule has 0 bridgehead atoms. The van der Waals surface area contributed by atoms with Crippen molar-refractivity contribution >= 4 is 35.4 Å². The molecule has 1 amide bonds. The zero-order valence-corrected chi connectivity index (χ0v) is 26.1. The van der Waals surface area contributed by atoms with Crippen LogP contribution in [0, 0.1) is 5.82 Å². The Hall–Kier alpha value is -3.35. The van der Waals surface area contributed by atoms with Crippen molar-refractivity contribution < 1.29 is 33.2 Å². The number of nitrogens with zero attached hydrogens (tertiary/aromatic N) is 1. The number of amides is 1. The zero-order valence-electron chi connectivity index (χ0n) is 24.3. The number of nitrogens with one attached hydrogen (secondary N) is 1. The van der Waals surface area contributed by atoms with Gasteiger partial charge in [-0.25, -0.2) is 9.37 Å². The maximum Gasteiger partial charge on any atom is 0.251 e. The Morgan fingerprint density at radius 1 is 1.05 bits per heavy atom. The van der Waals surface area contributed by atoms with Gasteiger partial charge in [0.25, 0.3) is 5.91 Å². The lowest BCUT2D eigenvalue weighted by Gasteiger charge is -2.15. The summed E-state index contributed by atoms with van der Waals surface area (Å²) in [4.78, 5) is 17.4. The van der Waals surface area contributed by atoms with Gasteiger partial charge in [0.15, 0.2) is 11.5 Å². The van der Waals surface area contributed by atoms with Crippen molar-refractivity contribution in [3.05, 3.63) is 77.1 Å². The lowest BCUT2D eigenvalue weighted by atomic mass is 10.1. The summed E-state index contributed by atoms with van der Waals surface area (Å²) in [5, 5.41) is 16.1. The molecule has 224 valence electrons. The van der Waals surface area contributed by atoms with E-state index in [-0.39, 0.29) is 25.1 Å². The summed E-state index contributed by atoms with van der Waals surface area (Å²) in [6.45, 7) is 8.42. The maximum atomic E-state index is 14.1. The Morgan fingerprint density at radius 2 is 1.83 bits per heavy atom. The summed E-state index contributed by atoms with van der Waals surface area (Å²) in [5.74, 6) is 0.234. The Kier molecular flexibility index (Phi) is 11.1. The van der Waals surface area contributed by atoms with Crippen LogP contribution in [0.3, 0.4) is 0 Å². The number of fused-ring (bicyclic) bond motifs is 1. The number of benzene rings is 2. The van der Waals surface area contributed by atoms with Gasteiger partial charge in [0.1, 0.15) is 25.3 Å². The summed E-state index contributed by atoms with van der Waals surface area (Å²) in [6, 6.07) is 16.2. The highest BCUT2D eigenvalue weighted by atomic mass is 32.1. The number of aromatic nitrogens is 1. The number of halogens is 1. The number of ether oxygens (including phenoxy) is 4. The Bertz CT molecular complexity index is 1490. The van der Waals surface area contributed by atoms with Gasteiger partial charge in [-0.05, 0) is 42.4 Å². The number of hydrogen-bond donors (Lipinski definition) is 2. The molecule has 2 N–H and O–H groups in total. The predicted molar refractivity (Wildman–Crippen MR) is 166 cm³/mol. The Balaban J connectivity index is 1.28. The molecule has 0 aliphatic carbocycles. The third kappa shape index (κ3) is 8.59. The van der Waals surface area contributed by atoms with Gasteiger partial charge in [-0.1, -0.05) is 37.8 Å². The summed E-state index contributed by atoms with van der Waals surface area (Å²) >= 11 is 1.31. The number of aliphatic hydroxyl groups excluding tert-OH is 1. The molecule has 2 heterocycles. The zero-order chi connectivity index (χ0) is 30.1. The lowest BCUT2D eigenvalue weighted by Crippen LogP contribution is -2.28. The summed E-state index contributed by atoms with van der Waals surface area (Å²) < 4.78 is 36.8. The molecule has 0 fully saturated rings. The number of pyridine rings is 1. The molecule has 1 unspecified atom stereocenters. The van der Waals surface area contributed by atoms with Gasteiger partial charge in [0, 0.05) is 43.1 Å². The summed E-state index contributed by atoms with van der Waals surface area (Å²) in [6.07, 6.45) is -1.04. The van der Waals surface area contributed by atoms with Crippen LogP contribution in [0.25, 0.3) is 21.3 Å². The lowest BCUT2D eigenvalue weighted by molar-refractivity contribution is -0.0563. The normalized spacial score (nSPS) is 12.3. The molecule has 0 saturated heterocycles. The minimum Gasteiger partial charge on any atom is -0.493 e. The molecule has 8 nitrogen and oxygen atoms in total. The molecule has 0 spiro atoms. The third-order valence-corrected chi connectivity index (χ3v) is 9.18. The predicted octanol–water partition coefficient (Wildman–Crippen LogP) is 6.28. The van der Waals surface area contributed by atoms with Gasteiger partial charge >= 0.3 is 0 Å². The van der Waals surface area contributed by atoms with Crippen LogP contribution in [-0.4, -0.2) is 64.3 Å². The van der Waals surface area contributed by atoms with E-state index in [0.717, 1.165) is 17.0 Å². The fourth-order valence-corrected chi connectivity index (χ4v) is 5.82. The van der Waals surface area contributed by atoms with E-state index in [9.17, 15) is 14.3 Å². The molecular weight excluding hydrogens is 576 g/mol. The average Bonchev–Trinajstić information content (AvgIpc) is 3.42. The van der Waals surface area contributed by atoms with Gasteiger partial charge in [-0.15, -0.1) is 11.3 Å². The fraction of sp³-hybridized carbons (Fsp3) is 0.355. The number of carbonyl (C=O) groups excluding carboxylic acids is 1. The standard InChI is InChI=1S/C31H37FN2O6SSi/c1-37-29-17-21(11-12-28(29)40-14-13-38-20-39-15-16-42(2,3)4)31(36)33-18-27(35)26-10-6-9-25(34-26)23-19-41-30-22(23)7-5-8-24(30)32/h5-12,17,19,27,35H,13-16,18,20H2,1-4H3,(H,33,36). The highest BCUT2D eigenvalue weighted by Gasteiger charge is 2.17. The molecule has 2 aromatic carbocycles. The second-order valence-electron chi connectivity index (χ2n) is 10.9. The summed E-state index contributed by atoms with van der Waals surface area (Å²) in [7, 11) is 0.380. The van der Waals surface area contributed by atoms with Crippen LogP contribution < -0.4 is 14.8 Å². The number of thiophene rings is 1. The highest BCUT2D eigenvalue weighted by molar-refractivity contribution is 7.17. The van der Waals surface area contributed by atoms with Gasteiger partial charge in [-0.3, -0.25) is 4.79 Å². The average molecular weight is 613 g/mol. The van der Waals surface area contributed by atoms with Crippen molar-refractivity contribution in [2.45, 2.75) is 31.8 Å². The maximum absolute atomic E-state index is 14.1. The third-order valence-electron chi connectivity index (χ3n) is 6.47. The van der Waals surface area contributed by atoms with Crippen LogP contribution in [-0.2, 0) is 9.47 Å². The number of rotatable bonds is 15. The van der Waals surface area contributed by atoms with E-state index in [4.69, 9.17) is 18.9 Å². The molecule has 42 heavy (non-hydrogen) atoms. The SMILES string of the molecule is COc1cc(C(=O)NCC(O)c2cccc(-c3csc4c(F)cccc34)n2)ccc1OCCOCOCC[Si](C)(C)C. The van der Waals surface area contributed by atoms with Crippen molar-refractivity contribution in [2.75, 3.05) is 40.3 Å². The van der Waals surface area contributed by atoms with Gasteiger partial charge < -0.3 is 29.4 Å². The molecule has 0 radical (unpaired) electrons. The van der Waals surface area contributed by atoms with Gasteiger partial charge in [0.2, 0.25) is 0 Å². The van der Waals surface area contributed by atoms with E-state index in [0.29, 0.717) is 53.0 Å². The first-order valence-corrected chi connectivity index (χ1v) is 18.3. The van der Waals surface area contributed by atoms with Crippen LogP contribution in [0.5, 0.6) is 11.5 Å². The topological polar surface area (TPSA) is 99.1 Å². The molecule has 4 aromatic rings. The number of aliphatic hydroxyl groups is 1. The fourth-order valence-electron chi connectivity index (χ4n) is 4.10. The minimum atomic E-state index is -1.12. The van der Waals surface area contributed by atoms with E-state index < -0.39 is 14.2 Å². The molecular formula is C31H37FN2O6SSi. The van der Waals surface area contributed by atoms with Crippen molar-refractivity contribution in [3.8, 4) is 22.8 Å². The van der Waals surface area contributed by atoms with Crippen LogP contribution in [0.15, 0.2) is 60.0 Å². The molecule has 0 saturated carbocycles. The Morgan fingerprint density at radius 3 is 2.62 bits per heavy atom. The van der Waals surface area contributed by atoms with E-state index in [1.54, 1.807) is 36.4 Å². The quantitative estimate of drug-likeness (QED) is 0.0926. The first kappa shape index (κ1) is 31.6. The second-order valence-corrected chi connectivity index (χ2v) is 17.4. The first-order valence-electron chi connectivity index (χ1n) is 13.7. The van der Waals surface area contributed by atoms with Crippen LogP contribution in [0.2, 0.25) is 25.7 Å². The smallest absolute Gasteiger partial charge is 0.251 e. The van der Waals surface area contributed by atoms with E-state index in [1.165, 1.54) is 24.5 Å². The van der Waals surface area contributed by atoms with Crippen LogP contribution in [0.4, 0.5) is 4.39 Å². The van der Waals surface area contributed by atoms with E-state index >= 15 is 0 Å². The Labute approximate surface area is 250 Å². The number of methoxy groups -OCH3 is 1. The molecule has 2 aromatic heterocycles. The van der Waals surface area contributed by atoms with Crippen LogP contribution in [0.1, 0.15) is 22.2 Å². The number of hydrogen-bond acceptors (Lipinski definition) is 8. The van der Waals surface area contributed by atoms with Gasteiger partial charge in [0.05, 0.1) is 29.8 Å². The summed E-state index contributed by atoms with van der Waals surface area (Å²) in [5.41, 5.74) is 2.16. The van der Waals surface area contributed by atoms with E-state index in [2.05, 4.69) is 29.9 Å². The van der Waals surface area contributed by atoms with Crippen molar-refractivity contribution in [2.24, 2.45) is 0 Å². The molecule has 4 rings (SSSR count). The van der Waals surface area contributed by atoms with Crippen molar-refractivity contribution in [1.29, 1.82) is 0 Å². The largest absolute Gasteiger partial charge is 0.493 e. The highest BCUT2D eigenvalue weighted by Crippen LogP contribution is 2.35.